The third-order valence-corrected chi connectivity index (χ3v) is 2.68. The van der Waals surface area contributed by atoms with Crippen LogP contribution in [0.2, 0.25) is 5.02 Å². The normalized spacial score (nSPS) is 10.6. The van der Waals surface area contributed by atoms with Gasteiger partial charge in [-0.3, -0.25) is 9.59 Å². The molecule has 0 saturated heterocycles. The Balaban J connectivity index is 2.58. The van der Waals surface area contributed by atoms with E-state index in [2.05, 4.69) is 5.32 Å². The lowest BCUT2D eigenvalue weighted by molar-refractivity contribution is -0.118. The van der Waals surface area contributed by atoms with Gasteiger partial charge in [-0.05, 0) is 31.0 Å². The van der Waals surface area contributed by atoms with Crippen LogP contribution in [0.5, 0.6) is 0 Å². The van der Waals surface area contributed by atoms with Crippen LogP contribution in [0.4, 0.5) is 0 Å². The van der Waals surface area contributed by atoms with Crippen LogP contribution in [0.25, 0.3) is 6.08 Å². The third kappa shape index (κ3) is 4.72. The summed E-state index contributed by atoms with van der Waals surface area (Å²) in [6, 6.07) is 5.32. The van der Waals surface area contributed by atoms with Gasteiger partial charge in [-0.25, -0.2) is 0 Å². The van der Waals surface area contributed by atoms with E-state index >= 15 is 0 Å². The maximum absolute atomic E-state index is 11.2. The largest absolute Gasteiger partial charge is 0.356 e. The maximum atomic E-state index is 11.2. The second-order valence-electron chi connectivity index (χ2n) is 3.97. The van der Waals surface area contributed by atoms with Crippen LogP contribution in [0.15, 0.2) is 24.3 Å². The van der Waals surface area contributed by atoms with Crippen molar-refractivity contribution in [2.24, 2.45) is 0 Å². The molecule has 1 aromatic rings. The van der Waals surface area contributed by atoms with Crippen LogP contribution >= 0.6 is 11.6 Å². The van der Waals surface area contributed by atoms with Crippen molar-refractivity contribution in [1.82, 2.24) is 5.32 Å². The fourth-order valence-electron chi connectivity index (χ4n) is 1.47. The molecule has 4 heteroatoms. The summed E-state index contributed by atoms with van der Waals surface area (Å²) in [6.07, 6.45) is 4.62. The van der Waals surface area contributed by atoms with Crippen molar-refractivity contribution in [2.75, 3.05) is 6.54 Å². The molecule has 0 fully saturated rings. The second kappa shape index (κ2) is 6.97. The number of halogens is 1. The highest BCUT2D eigenvalue weighted by Crippen LogP contribution is 2.19. The average molecular weight is 266 g/mol. The Morgan fingerprint density at radius 2 is 2.06 bits per heavy atom. The lowest BCUT2D eigenvalue weighted by atomic mass is 10.1. The summed E-state index contributed by atoms with van der Waals surface area (Å²) in [5, 5.41) is 3.17. The summed E-state index contributed by atoms with van der Waals surface area (Å²) >= 11 is 5.99. The molecule has 96 valence electrons. The van der Waals surface area contributed by atoms with Crippen molar-refractivity contribution in [2.45, 2.75) is 20.3 Å². The number of ketones is 1. The van der Waals surface area contributed by atoms with Crippen molar-refractivity contribution in [1.29, 1.82) is 0 Å². The molecular formula is C14H16ClNO2. The summed E-state index contributed by atoms with van der Waals surface area (Å²) in [5.74, 6) is -0.0709. The SMILES string of the molecule is CC(=O)NCCC=Cc1ccc(C(C)=O)c(Cl)c1. The summed E-state index contributed by atoms with van der Waals surface area (Å²) in [4.78, 5) is 21.8. The van der Waals surface area contributed by atoms with Gasteiger partial charge in [0, 0.05) is 19.0 Å². The molecule has 0 spiro atoms. The third-order valence-electron chi connectivity index (χ3n) is 2.37. The standard InChI is InChI=1S/C14H16ClNO2/c1-10(17)13-7-6-12(9-14(13)15)5-3-4-8-16-11(2)18/h3,5-7,9H,4,8H2,1-2H3,(H,16,18). The predicted molar refractivity (Wildman–Crippen MR) is 73.8 cm³/mol. The molecule has 0 aliphatic carbocycles. The van der Waals surface area contributed by atoms with Crippen molar-refractivity contribution in [3.05, 3.63) is 40.4 Å². The zero-order valence-corrected chi connectivity index (χ0v) is 11.3. The maximum Gasteiger partial charge on any atom is 0.216 e. The number of hydrogen-bond acceptors (Lipinski definition) is 2. The van der Waals surface area contributed by atoms with Crippen LogP contribution in [-0.4, -0.2) is 18.2 Å². The van der Waals surface area contributed by atoms with E-state index in [1.165, 1.54) is 13.8 Å². The number of amides is 1. The molecule has 0 bridgehead atoms. The van der Waals surface area contributed by atoms with E-state index in [-0.39, 0.29) is 11.7 Å². The average Bonchev–Trinajstić information content (AvgIpc) is 2.27. The molecule has 1 N–H and O–H groups in total. The van der Waals surface area contributed by atoms with Gasteiger partial charge in [-0.2, -0.15) is 0 Å². The monoisotopic (exact) mass is 265 g/mol. The van der Waals surface area contributed by atoms with Gasteiger partial charge in [0.2, 0.25) is 5.91 Å². The molecular weight excluding hydrogens is 250 g/mol. The fourth-order valence-corrected chi connectivity index (χ4v) is 1.79. The number of nitrogens with one attached hydrogen (secondary N) is 1. The topological polar surface area (TPSA) is 46.2 Å². The first-order valence-corrected chi connectivity index (χ1v) is 6.10. The Kier molecular flexibility index (Phi) is 5.59. The van der Waals surface area contributed by atoms with E-state index in [1.54, 1.807) is 12.1 Å². The highest BCUT2D eigenvalue weighted by atomic mass is 35.5. The van der Waals surface area contributed by atoms with Gasteiger partial charge in [0.1, 0.15) is 0 Å². The van der Waals surface area contributed by atoms with E-state index in [0.29, 0.717) is 17.1 Å². The quantitative estimate of drug-likeness (QED) is 0.657. The predicted octanol–water partition coefficient (Wildman–Crippen LogP) is 3.08. The fraction of sp³-hybridized carbons (Fsp3) is 0.286. The second-order valence-corrected chi connectivity index (χ2v) is 4.38. The summed E-state index contributed by atoms with van der Waals surface area (Å²) in [5.41, 5.74) is 1.47. The molecule has 0 radical (unpaired) electrons. The van der Waals surface area contributed by atoms with E-state index in [1.807, 2.05) is 18.2 Å². The Hall–Kier alpha value is -1.61. The number of benzene rings is 1. The smallest absolute Gasteiger partial charge is 0.216 e. The highest BCUT2D eigenvalue weighted by molar-refractivity contribution is 6.34. The summed E-state index contributed by atoms with van der Waals surface area (Å²) < 4.78 is 0. The minimum absolute atomic E-state index is 0.0303. The molecule has 0 saturated carbocycles. The molecule has 0 atom stereocenters. The van der Waals surface area contributed by atoms with Crippen molar-refractivity contribution in [3.8, 4) is 0 Å². The van der Waals surface area contributed by atoms with Gasteiger partial charge < -0.3 is 5.32 Å². The first-order valence-electron chi connectivity index (χ1n) is 5.72. The van der Waals surface area contributed by atoms with Gasteiger partial charge in [-0.1, -0.05) is 29.8 Å². The summed E-state index contributed by atoms with van der Waals surface area (Å²) in [7, 11) is 0. The molecule has 1 amide bonds. The molecule has 0 aromatic heterocycles. The zero-order valence-electron chi connectivity index (χ0n) is 10.5. The van der Waals surface area contributed by atoms with Gasteiger partial charge >= 0.3 is 0 Å². The minimum Gasteiger partial charge on any atom is -0.356 e. The van der Waals surface area contributed by atoms with Crippen LogP contribution in [0.3, 0.4) is 0 Å². The molecule has 3 nitrogen and oxygen atoms in total. The molecule has 0 aliphatic heterocycles. The number of rotatable bonds is 5. The van der Waals surface area contributed by atoms with E-state index < -0.39 is 0 Å². The Labute approximate surface area is 112 Å². The molecule has 1 aromatic carbocycles. The van der Waals surface area contributed by atoms with Crippen LogP contribution < -0.4 is 5.32 Å². The van der Waals surface area contributed by atoms with Gasteiger partial charge in [0.05, 0.1) is 5.02 Å². The highest BCUT2D eigenvalue weighted by Gasteiger charge is 2.04. The van der Waals surface area contributed by atoms with E-state index in [9.17, 15) is 9.59 Å². The zero-order chi connectivity index (χ0) is 13.5. The van der Waals surface area contributed by atoms with Crippen LogP contribution in [-0.2, 0) is 4.79 Å². The first kappa shape index (κ1) is 14.5. The van der Waals surface area contributed by atoms with Gasteiger partial charge in [0.25, 0.3) is 0 Å². The first-order chi connectivity index (χ1) is 8.50. The lowest BCUT2D eigenvalue weighted by Crippen LogP contribution is -2.20. The number of hydrogen-bond donors (Lipinski definition) is 1. The van der Waals surface area contributed by atoms with Crippen molar-refractivity contribution < 1.29 is 9.59 Å². The lowest BCUT2D eigenvalue weighted by Gasteiger charge is -2.01. The minimum atomic E-state index is -0.0406. The number of carbonyl (C=O) groups excluding carboxylic acids is 2. The molecule has 0 aliphatic rings. The van der Waals surface area contributed by atoms with E-state index in [4.69, 9.17) is 11.6 Å². The number of carbonyl (C=O) groups is 2. The van der Waals surface area contributed by atoms with E-state index in [0.717, 1.165) is 12.0 Å². The number of Topliss-reactive ketones (excluding diaryl/α,β-unsaturated/α-hetero) is 1. The molecule has 0 unspecified atom stereocenters. The van der Waals surface area contributed by atoms with Crippen molar-refractivity contribution in [3.63, 3.8) is 0 Å². The Bertz CT molecular complexity index is 481. The van der Waals surface area contributed by atoms with Gasteiger partial charge in [-0.15, -0.1) is 0 Å². The summed E-state index contributed by atoms with van der Waals surface area (Å²) in [6.45, 7) is 3.60. The molecule has 1 rings (SSSR count). The van der Waals surface area contributed by atoms with Crippen LogP contribution in [0.1, 0.15) is 36.2 Å². The molecule has 0 heterocycles. The van der Waals surface area contributed by atoms with Crippen molar-refractivity contribution >= 4 is 29.4 Å². The Morgan fingerprint density at radius 3 is 2.61 bits per heavy atom. The molecule has 18 heavy (non-hydrogen) atoms. The van der Waals surface area contributed by atoms with Gasteiger partial charge in [0.15, 0.2) is 5.78 Å². The van der Waals surface area contributed by atoms with Crippen LogP contribution in [0, 0.1) is 0 Å². The Morgan fingerprint density at radius 1 is 1.33 bits per heavy atom.